The first-order valence-corrected chi connectivity index (χ1v) is 5.35. The minimum absolute atomic E-state index is 0.237. The van der Waals surface area contributed by atoms with Crippen LogP contribution < -0.4 is 5.43 Å². The summed E-state index contributed by atoms with van der Waals surface area (Å²) in [4.78, 5) is 0.627. The quantitative estimate of drug-likeness (QED) is 0.495. The number of anilines is 1. The Balaban J connectivity index is 1.94. The fourth-order valence-corrected chi connectivity index (χ4v) is 1.40. The van der Waals surface area contributed by atoms with Crippen molar-refractivity contribution in [1.29, 1.82) is 0 Å². The molecule has 0 spiro atoms. The van der Waals surface area contributed by atoms with Gasteiger partial charge in [0.05, 0.1) is 5.22 Å². The predicted molar refractivity (Wildman–Crippen MR) is 66.3 cm³/mol. The third-order valence-corrected chi connectivity index (χ3v) is 2.23. The standard InChI is InChI=1S/C13H13N3O/c17-16(11-12-7-3-1-4-8-12)15-14-13-9-5-2-6-10-13/h1-10,14H,11H2/b16-15-. The minimum Gasteiger partial charge on any atom is -0.696 e. The second-order valence-corrected chi connectivity index (χ2v) is 3.57. The van der Waals surface area contributed by atoms with Crippen molar-refractivity contribution in [1.82, 2.24) is 0 Å². The maximum Gasteiger partial charge on any atom is 0.146 e. The maximum atomic E-state index is 11.5. The van der Waals surface area contributed by atoms with E-state index in [4.69, 9.17) is 0 Å². The van der Waals surface area contributed by atoms with E-state index in [-0.39, 0.29) is 6.54 Å². The molecule has 0 aliphatic heterocycles. The molecule has 0 unspecified atom stereocenters. The van der Waals surface area contributed by atoms with Crippen molar-refractivity contribution < 1.29 is 4.86 Å². The molecule has 0 radical (unpaired) electrons. The number of nitrogens with one attached hydrogen (secondary N) is 1. The molecule has 1 N–H and O–H groups in total. The summed E-state index contributed by atoms with van der Waals surface area (Å²) in [5.41, 5.74) is 4.43. The lowest BCUT2D eigenvalue weighted by Crippen LogP contribution is -2.03. The second kappa shape index (κ2) is 5.65. The third kappa shape index (κ3) is 3.61. The highest BCUT2D eigenvalue weighted by molar-refractivity contribution is 5.40. The van der Waals surface area contributed by atoms with Crippen molar-refractivity contribution in [2.45, 2.75) is 6.54 Å². The number of benzene rings is 2. The molecule has 0 aliphatic carbocycles. The summed E-state index contributed by atoms with van der Waals surface area (Å²) in [5.74, 6) is 0. The predicted octanol–water partition coefficient (Wildman–Crippen LogP) is 3.18. The lowest BCUT2D eigenvalue weighted by molar-refractivity contribution is -0.544. The molecule has 0 aliphatic rings. The SMILES string of the molecule is [O-]/[N+](Cc1ccccc1)=N\Nc1ccccc1. The van der Waals surface area contributed by atoms with E-state index in [1.165, 1.54) is 0 Å². The van der Waals surface area contributed by atoms with Crippen LogP contribution in [0.4, 0.5) is 5.69 Å². The Hall–Kier alpha value is -2.36. The van der Waals surface area contributed by atoms with E-state index >= 15 is 0 Å². The zero-order chi connectivity index (χ0) is 11.9. The van der Waals surface area contributed by atoms with Gasteiger partial charge >= 0.3 is 0 Å². The van der Waals surface area contributed by atoms with E-state index < -0.39 is 0 Å². The zero-order valence-corrected chi connectivity index (χ0v) is 9.28. The number of hydrogen-bond donors (Lipinski definition) is 1. The molecule has 0 saturated heterocycles. The molecule has 0 atom stereocenters. The van der Waals surface area contributed by atoms with Crippen molar-refractivity contribution in [3.05, 3.63) is 71.4 Å². The van der Waals surface area contributed by atoms with E-state index in [9.17, 15) is 5.21 Å². The van der Waals surface area contributed by atoms with Gasteiger partial charge < -0.3 is 5.21 Å². The van der Waals surface area contributed by atoms with Crippen LogP contribution in [-0.4, -0.2) is 4.86 Å². The molecule has 0 saturated carbocycles. The van der Waals surface area contributed by atoms with Crippen molar-refractivity contribution in [2.24, 2.45) is 5.22 Å². The summed E-state index contributed by atoms with van der Waals surface area (Å²) in [6.45, 7) is 0.237. The van der Waals surface area contributed by atoms with Crippen molar-refractivity contribution in [3.63, 3.8) is 0 Å². The van der Waals surface area contributed by atoms with E-state index in [0.717, 1.165) is 11.3 Å². The highest BCUT2D eigenvalue weighted by Gasteiger charge is 1.96. The molecule has 0 heterocycles. The van der Waals surface area contributed by atoms with Gasteiger partial charge in [-0.05, 0) is 17.7 Å². The van der Waals surface area contributed by atoms with Crippen molar-refractivity contribution in [3.8, 4) is 0 Å². The number of hydroxylamine groups is 1. The van der Waals surface area contributed by atoms with Crippen LogP contribution in [0, 0.1) is 5.21 Å². The van der Waals surface area contributed by atoms with Crippen LogP contribution in [-0.2, 0) is 6.54 Å². The van der Waals surface area contributed by atoms with Gasteiger partial charge in [-0.3, -0.25) is 0 Å². The molecule has 2 aromatic carbocycles. The molecule has 0 bridgehead atoms. The van der Waals surface area contributed by atoms with E-state index in [2.05, 4.69) is 10.6 Å². The average molecular weight is 227 g/mol. The Labute approximate surface area is 99.8 Å². The van der Waals surface area contributed by atoms with Crippen molar-refractivity contribution in [2.75, 3.05) is 5.43 Å². The smallest absolute Gasteiger partial charge is 0.146 e. The van der Waals surface area contributed by atoms with Gasteiger partial charge in [0, 0.05) is 0 Å². The number of rotatable bonds is 4. The summed E-state index contributed by atoms with van der Waals surface area (Å²) < 4.78 is 0. The topological polar surface area (TPSA) is 50.5 Å². The van der Waals surface area contributed by atoms with Gasteiger partial charge in [0.1, 0.15) is 12.2 Å². The van der Waals surface area contributed by atoms with Crippen LogP contribution in [0.1, 0.15) is 5.56 Å². The summed E-state index contributed by atoms with van der Waals surface area (Å²) in [6.07, 6.45) is 0. The Morgan fingerprint density at radius 1 is 0.941 bits per heavy atom. The third-order valence-electron chi connectivity index (χ3n) is 2.23. The Bertz CT molecular complexity index is 483. The Kier molecular flexibility index (Phi) is 3.70. The molecule has 2 rings (SSSR count). The molecule has 17 heavy (non-hydrogen) atoms. The first-order valence-electron chi connectivity index (χ1n) is 5.35. The molecule has 4 nitrogen and oxygen atoms in total. The van der Waals surface area contributed by atoms with Gasteiger partial charge in [-0.2, -0.15) is 4.86 Å². The van der Waals surface area contributed by atoms with Gasteiger partial charge in [0.25, 0.3) is 0 Å². The zero-order valence-electron chi connectivity index (χ0n) is 9.28. The number of para-hydroxylation sites is 1. The molecule has 86 valence electrons. The molecular weight excluding hydrogens is 214 g/mol. The summed E-state index contributed by atoms with van der Waals surface area (Å²) in [5, 5.41) is 15.2. The van der Waals surface area contributed by atoms with Crippen LogP contribution in [0.25, 0.3) is 0 Å². The second-order valence-electron chi connectivity index (χ2n) is 3.57. The Morgan fingerprint density at radius 2 is 1.53 bits per heavy atom. The fraction of sp³-hybridized carbons (Fsp3) is 0.0769. The van der Waals surface area contributed by atoms with Crippen LogP contribution in [0.15, 0.2) is 65.9 Å². The maximum absolute atomic E-state index is 11.5. The molecule has 0 fully saturated rings. The fourth-order valence-electron chi connectivity index (χ4n) is 1.40. The van der Waals surface area contributed by atoms with Gasteiger partial charge in [0.15, 0.2) is 0 Å². The minimum atomic E-state index is 0.237. The van der Waals surface area contributed by atoms with Crippen molar-refractivity contribution >= 4 is 5.69 Å². The van der Waals surface area contributed by atoms with Crippen LogP contribution in [0.3, 0.4) is 0 Å². The van der Waals surface area contributed by atoms with Gasteiger partial charge in [-0.15, -0.1) is 5.43 Å². The van der Waals surface area contributed by atoms with Gasteiger partial charge in [0.2, 0.25) is 0 Å². The van der Waals surface area contributed by atoms with Crippen LogP contribution in [0.2, 0.25) is 0 Å². The highest BCUT2D eigenvalue weighted by atomic mass is 16.5. The first kappa shape index (κ1) is 11.1. The van der Waals surface area contributed by atoms with Crippen LogP contribution >= 0.6 is 0 Å². The molecule has 0 amide bonds. The monoisotopic (exact) mass is 227 g/mol. The van der Waals surface area contributed by atoms with Gasteiger partial charge in [-0.1, -0.05) is 48.5 Å². The summed E-state index contributed by atoms with van der Waals surface area (Å²) in [6, 6.07) is 18.9. The summed E-state index contributed by atoms with van der Waals surface area (Å²) in [7, 11) is 0. The molecule has 2 aromatic rings. The lowest BCUT2D eigenvalue weighted by atomic mass is 10.2. The normalized spacial score (nSPS) is 11.2. The lowest BCUT2D eigenvalue weighted by Gasteiger charge is -2.05. The van der Waals surface area contributed by atoms with E-state index in [1.807, 2.05) is 60.7 Å². The molecule has 0 aromatic heterocycles. The average Bonchev–Trinajstić information content (AvgIpc) is 2.39. The first-order chi connectivity index (χ1) is 8.34. The molecular formula is C13H13N3O. The summed E-state index contributed by atoms with van der Waals surface area (Å²) >= 11 is 0. The van der Waals surface area contributed by atoms with Gasteiger partial charge in [-0.25, -0.2) is 0 Å². The Morgan fingerprint density at radius 3 is 2.18 bits per heavy atom. The number of hydrogen-bond acceptors (Lipinski definition) is 2. The van der Waals surface area contributed by atoms with E-state index in [0.29, 0.717) is 4.86 Å². The number of nitrogens with zero attached hydrogens (tertiary/aromatic N) is 2. The van der Waals surface area contributed by atoms with Crippen LogP contribution in [0.5, 0.6) is 0 Å². The molecule has 4 heteroatoms. The largest absolute Gasteiger partial charge is 0.696 e. The van der Waals surface area contributed by atoms with E-state index in [1.54, 1.807) is 0 Å². The highest BCUT2D eigenvalue weighted by Crippen LogP contribution is 2.05.